The van der Waals surface area contributed by atoms with Crippen LogP contribution in [0.1, 0.15) is 5.69 Å². The van der Waals surface area contributed by atoms with E-state index in [9.17, 15) is 0 Å². The molecule has 30 heavy (non-hydrogen) atoms. The third-order valence-corrected chi connectivity index (χ3v) is 4.99. The van der Waals surface area contributed by atoms with E-state index in [0.717, 1.165) is 11.4 Å². The maximum atomic E-state index is 6.32. The number of benzene rings is 2. The first-order valence-corrected chi connectivity index (χ1v) is 9.38. The van der Waals surface area contributed by atoms with Crippen LogP contribution in [0, 0.1) is 6.92 Å². The van der Waals surface area contributed by atoms with E-state index in [4.69, 9.17) is 30.3 Å². The SMILES string of the molecule is COc1cc(-c2noc(-c3ncn(-c4ccccc4Cl)c3C)n2)cc(OC)c1OC. The third-order valence-electron chi connectivity index (χ3n) is 4.67. The van der Waals surface area contributed by atoms with Crippen LogP contribution in [0.2, 0.25) is 5.02 Å². The first-order chi connectivity index (χ1) is 14.6. The minimum atomic E-state index is 0.294. The molecule has 154 valence electrons. The average molecular weight is 427 g/mol. The van der Waals surface area contributed by atoms with Crippen molar-refractivity contribution in [3.8, 4) is 45.9 Å². The van der Waals surface area contributed by atoms with Crippen molar-refractivity contribution in [2.24, 2.45) is 0 Å². The fourth-order valence-corrected chi connectivity index (χ4v) is 3.38. The summed E-state index contributed by atoms with van der Waals surface area (Å²) in [6.07, 6.45) is 1.68. The molecule has 0 bridgehead atoms. The van der Waals surface area contributed by atoms with E-state index in [-0.39, 0.29) is 0 Å². The summed E-state index contributed by atoms with van der Waals surface area (Å²) in [6, 6.07) is 11.0. The van der Waals surface area contributed by atoms with Crippen molar-refractivity contribution in [1.29, 1.82) is 0 Å². The number of para-hydroxylation sites is 1. The van der Waals surface area contributed by atoms with Crippen LogP contribution in [-0.4, -0.2) is 41.0 Å². The standard InChI is InChI=1S/C21H19ClN4O4/c1-12-18(23-11-26(12)15-8-6-5-7-14(15)22)21-24-20(25-30-21)13-9-16(27-2)19(29-4)17(10-13)28-3/h5-11H,1-4H3. The fraction of sp³-hybridized carbons (Fsp3) is 0.190. The van der Waals surface area contributed by atoms with E-state index < -0.39 is 0 Å². The first kappa shape index (κ1) is 19.8. The van der Waals surface area contributed by atoms with Gasteiger partial charge in [0, 0.05) is 5.56 Å². The molecular formula is C21H19ClN4O4. The molecule has 2 aromatic heterocycles. The van der Waals surface area contributed by atoms with Crippen molar-refractivity contribution in [3.63, 3.8) is 0 Å². The maximum Gasteiger partial charge on any atom is 0.278 e. The molecule has 2 heterocycles. The Balaban J connectivity index is 1.74. The molecule has 0 amide bonds. The molecule has 0 radical (unpaired) electrons. The van der Waals surface area contributed by atoms with Gasteiger partial charge in [-0.05, 0) is 31.2 Å². The van der Waals surface area contributed by atoms with Gasteiger partial charge in [-0.1, -0.05) is 28.9 Å². The molecule has 2 aromatic carbocycles. The molecule has 4 rings (SSSR count). The van der Waals surface area contributed by atoms with Gasteiger partial charge in [-0.2, -0.15) is 4.98 Å². The Morgan fingerprint density at radius 2 is 1.70 bits per heavy atom. The van der Waals surface area contributed by atoms with Crippen molar-refractivity contribution in [3.05, 3.63) is 53.4 Å². The van der Waals surface area contributed by atoms with Gasteiger partial charge in [0.15, 0.2) is 11.5 Å². The molecule has 0 spiro atoms. The summed E-state index contributed by atoms with van der Waals surface area (Å²) in [5.74, 6) is 2.15. The van der Waals surface area contributed by atoms with Crippen LogP contribution in [0.5, 0.6) is 17.2 Å². The second-order valence-electron chi connectivity index (χ2n) is 6.34. The lowest BCUT2D eigenvalue weighted by atomic mass is 10.1. The maximum absolute atomic E-state index is 6.32. The molecule has 0 aliphatic heterocycles. The molecule has 0 N–H and O–H groups in total. The van der Waals surface area contributed by atoms with Gasteiger partial charge in [0.2, 0.25) is 11.6 Å². The second kappa shape index (κ2) is 8.08. The largest absolute Gasteiger partial charge is 0.493 e. The number of hydrogen-bond acceptors (Lipinski definition) is 7. The third kappa shape index (κ3) is 3.35. The van der Waals surface area contributed by atoms with Crippen molar-refractivity contribution < 1.29 is 18.7 Å². The zero-order valence-corrected chi connectivity index (χ0v) is 17.6. The molecule has 0 atom stereocenters. The monoisotopic (exact) mass is 426 g/mol. The lowest BCUT2D eigenvalue weighted by Gasteiger charge is -2.12. The first-order valence-electron chi connectivity index (χ1n) is 9.00. The summed E-state index contributed by atoms with van der Waals surface area (Å²) in [5.41, 5.74) is 2.87. The molecule has 0 aliphatic rings. The molecule has 8 nitrogen and oxygen atoms in total. The predicted octanol–water partition coefficient (Wildman–Crippen LogP) is 4.58. The van der Waals surface area contributed by atoms with Crippen molar-refractivity contribution in [1.82, 2.24) is 19.7 Å². The Labute approximate surface area is 178 Å². The highest BCUT2D eigenvalue weighted by Gasteiger charge is 2.21. The number of aromatic nitrogens is 4. The van der Waals surface area contributed by atoms with Gasteiger partial charge in [-0.25, -0.2) is 4.98 Å². The molecule has 0 unspecified atom stereocenters. The van der Waals surface area contributed by atoms with Crippen LogP contribution >= 0.6 is 11.6 Å². The van der Waals surface area contributed by atoms with E-state index in [2.05, 4.69) is 15.1 Å². The highest BCUT2D eigenvalue weighted by atomic mass is 35.5. The van der Waals surface area contributed by atoms with Gasteiger partial charge in [0.25, 0.3) is 5.89 Å². The molecule has 0 fully saturated rings. The van der Waals surface area contributed by atoms with Crippen LogP contribution in [0.4, 0.5) is 0 Å². The summed E-state index contributed by atoms with van der Waals surface area (Å²) in [6.45, 7) is 1.91. The van der Waals surface area contributed by atoms with Crippen molar-refractivity contribution in [2.45, 2.75) is 6.92 Å². The number of ether oxygens (including phenoxy) is 3. The summed E-state index contributed by atoms with van der Waals surface area (Å²) in [5, 5.41) is 4.72. The number of halogens is 1. The van der Waals surface area contributed by atoms with E-state index in [1.54, 1.807) is 39.8 Å². The van der Waals surface area contributed by atoms with Crippen LogP contribution in [0.15, 0.2) is 47.2 Å². The van der Waals surface area contributed by atoms with Crippen molar-refractivity contribution in [2.75, 3.05) is 21.3 Å². The zero-order valence-electron chi connectivity index (χ0n) is 16.8. The summed E-state index contributed by atoms with van der Waals surface area (Å²) >= 11 is 6.32. The lowest BCUT2D eigenvalue weighted by molar-refractivity contribution is 0.324. The molecule has 0 saturated heterocycles. The van der Waals surface area contributed by atoms with Gasteiger partial charge in [0.1, 0.15) is 12.0 Å². The van der Waals surface area contributed by atoms with Crippen molar-refractivity contribution >= 4 is 11.6 Å². The van der Waals surface area contributed by atoms with E-state index in [1.165, 1.54) is 0 Å². The van der Waals surface area contributed by atoms with Crippen LogP contribution < -0.4 is 14.2 Å². The van der Waals surface area contributed by atoms with Crippen LogP contribution in [0.3, 0.4) is 0 Å². The molecule has 9 heteroatoms. The highest BCUT2D eigenvalue weighted by molar-refractivity contribution is 6.32. The summed E-state index contributed by atoms with van der Waals surface area (Å²) < 4.78 is 23.5. The van der Waals surface area contributed by atoms with Crippen LogP contribution in [-0.2, 0) is 0 Å². The summed E-state index contributed by atoms with van der Waals surface area (Å²) in [4.78, 5) is 8.95. The smallest absolute Gasteiger partial charge is 0.278 e. The van der Waals surface area contributed by atoms with Gasteiger partial charge in [0.05, 0.1) is 37.7 Å². The predicted molar refractivity (Wildman–Crippen MR) is 112 cm³/mol. The van der Waals surface area contributed by atoms with E-state index in [0.29, 0.717) is 45.2 Å². The minimum Gasteiger partial charge on any atom is -0.493 e. The van der Waals surface area contributed by atoms with Crippen LogP contribution in [0.25, 0.3) is 28.7 Å². The second-order valence-corrected chi connectivity index (χ2v) is 6.74. The van der Waals surface area contributed by atoms with E-state index >= 15 is 0 Å². The van der Waals surface area contributed by atoms with Gasteiger partial charge in [-0.3, -0.25) is 0 Å². The Bertz CT molecular complexity index is 1180. The Kier molecular flexibility index (Phi) is 5.33. The van der Waals surface area contributed by atoms with Gasteiger partial charge >= 0.3 is 0 Å². The molecular weight excluding hydrogens is 408 g/mol. The van der Waals surface area contributed by atoms with E-state index in [1.807, 2.05) is 35.8 Å². The summed E-state index contributed by atoms with van der Waals surface area (Å²) in [7, 11) is 4.64. The lowest BCUT2D eigenvalue weighted by Crippen LogP contribution is -1.96. The van der Waals surface area contributed by atoms with Gasteiger partial charge < -0.3 is 23.3 Å². The fourth-order valence-electron chi connectivity index (χ4n) is 3.16. The highest BCUT2D eigenvalue weighted by Crippen LogP contribution is 2.41. The quantitative estimate of drug-likeness (QED) is 0.446. The topological polar surface area (TPSA) is 84.4 Å². The number of imidazole rings is 1. The number of methoxy groups -OCH3 is 3. The Hall–Kier alpha value is -3.52. The molecule has 0 aliphatic carbocycles. The number of rotatable bonds is 6. The number of nitrogens with zero attached hydrogens (tertiary/aromatic N) is 4. The Morgan fingerprint density at radius 1 is 1.00 bits per heavy atom. The van der Waals surface area contributed by atoms with Gasteiger partial charge in [-0.15, -0.1) is 0 Å². The molecule has 0 saturated carbocycles. The normalized spacial score (nSPS) is 10.8. The average Bonchev–Trinajstić information content (AvgIpc) is 3.40. The zero-order chi connectivity index (χ0) is 21.3. The minimum absolute atomic E-state index is 0.294. The number of hydrogen-bond donors (Lipinski definition) is 0. The Morgan fingerprint density at radius 3 is 2.33 bits per heavy atom. The molecule has 4 aromatic rings.